The molecule has 1 aliphatic heterocycles. The summed E-state index contributed by atoms with van der Waals surface area (Å²) >= 11 is 0. The lowest BCUT2D eigenvalue weighted by atomic mass is 10.0. The van der Waals surface area contributed by atoms with E-state index >= 15 is 0 Å². The summed E-state index contributed by atoms with van der Waals surface area (Å²) in [6.45, 7) is 2.13. The number of halogens is 6. The highest BCUT2D eigenvalue weighted by atomic mass is 35.5. The van der Waals surface area contributed by atoms with Crippen molar-refractivity contribution in [2.24, 2.45) is 5.73 Å². The summed E-state index contributed by atoms with van der Waals surface area (Å²) in [4.78, 5) is 5.90. The zero-order chi connectivity index (χ0) is 24.3. The van der Waals surface area contributed by atoms with Crippen molar-refractivity contribution in [2.75, 3.05) is 20.2 Å². The Hall–Kier alpha value is -2.73. The monoisotopic (exact) mass is 546 g/mol. The largest absolute Gasteiger partial charge is 0.494 e. The van der Waals surface area contributed by atoms with Gasteiger partial charge in [-0.2, -0.15) is 13.2 Å². The van der Waals surface area contributed by atoms with Crippen molar-refractivity contribution in [1.29, 1.82) is 0 Å². The predicted molar refractivity (Wildman–Crippen MR) is 132 cm³/mol. The number of benzene rings is 1. The Morgan fingerprint density at radius 3 is 2.50 bits per heavy atom. The second-order valence-electron chi connectivity index (χ2n) is 8.91. The van der Waals surface area contributed by atoms with Crippen molar-refractivity contribution in [2.45, 2.75) is 31.1 Å². The van der Waals surface area contributed by atoms with Crippen LogP contribution >= 0.6 is 24.8 Å². The van der Waals surface area contributed by atoms with Gasteiger partial charge in [-0.1, -0.05) is 12.1 Å². The highest BCUT2D eigenvalue weighted by Gasteiger charge is 2.48. The predicted octanol–water partition coefficient (Wildman–Crippen LogP) is 4.96. The Morgan fingerprint density at radius 1 is 1.11 bits per heavy atom. The van der Waals surface area contributed by atoms with Gasteiger partial charge in [-0.3, -0.25) is 9.30 Å². The molecular formula is C23H24Cl2F4N6O. The number of pyridine rings is 2. The van der Waals surface area contributed by atoms with Crippen LogP contribution in [0.25, 0.3) is 28.1 Å². The van der Waals surface area contributed by atoms with E-state index in [2.05, 4.69) is 15.2 Å². The number of nitrogens with two attached hydrogens (primary N) is 1. The first kappa shape index (κ1) is 27.9. The van der Waals surface area contributed by atoms with E-state index in [4.69, 9.17) is 10.5 Å². The normalized spacial score (nSPS) is 19.2. The highest BCUT2D eigenvalue weighted by Crippen LogP contribution is 2.41. The molecule has 194 valence electrons. The molecule has 1 saturated heterocycles. The van der Waals surface area contributed by atoms with E-state index in [9.17, 15) is 17.6 Å². The molecule has 0 spiro atoms. The van der Waals surface area contributed by atoms with Crippen molar-refractivity contribution in [1.82, 2.24) is 24.5 Å². The minimum absolute atomic E-state index is 0. The molecule has 0 radical (unpaired) electrons. The minimum Gasteiger partial charge on any atom is -0.494 e. The smallest absolute Gasteiger partial charge is 0.408 e. The van der Waals surface area contributed by atoms with Crippen LogP contribution in [-0.2, 0) is 0 Å². The van der Waals surface area contributed by atoms with E-state index in [0.717, 1.165) is 0 Å². The first-order valence-electron chi connectivity index (χ1n) is 10.6. The van der Waals surface area contributed by atoms with Gasteiger partial charge in [0, 0.05) is 36.3 Å². The maximum atomic E-state index is 14.2. The molecule has 0 amide bonds. The van der Waals surface area contributed by atoms with Crippen molar-refractivity contribution in [3.05, 3.63) is 54.0 Å². The standard InChI is InChI=1S/C23H22F4N6O.2ClH/c1-22(28)7-8-32(12-22)20(23(25,26)27)14-4-6-18-30-31-21(33(18)11-14)16-5-3-13-9-15(24)10-17(34-2)19(13)29-16;;/h3-6,9-11,20H,7-8,12,28H2,1-2H3;2*1H/t20-,22?;;/m1../s1. The molecule has 7 nitrogen and oxygen atoms in total. The van der Waals surface area contributed by atoms with E-state index in [1.165, 1.54) is 46.9 Å². The van der Waals surface area contributed by atoms with Crippen LogP contribution in [0, 0.1) is 5.82 Å². The quantitative estimate of drug-likeness (QED) is 0.364. The second-order valence-corrected chi connectivity index (χ2v) is 8.91. The van der Waals surface area contributed by atoms with E-state index in [1.54, 1.807) is 19.1 Å². The van der Waals surface area contributed by atoms with Crippen LogP contribution in [0.2, 0.25) is 0 Å². The Labute approximate surface area is 216 Å². The van der Waals surface area contributed by atoms with E-state index in [-0.39, 0.29) is 55.0 Å². The second kappa shape index (κ2) is 9.97. The molecule has 36 heavy (non-hydrogen) atoms. The van der Waals surface area contributed by atoms with Crippen molar-refractivity contribution in [3.63, 3.8) is 0 Å². The van der Waals surface area contributed by atoms with Gasteiger partial charge in [0.25, 0.3) is 0 Å². The summed E-state index contributed by atoms with van der Waals surface area (Å²) in [5.74, 6) is 0.0312. The molecule has 2 atom stereocenters. The minimum atomic E-state index is -4.50. The SMILES string of the molecule is COc1cc(F)cc2ccc(-c3nnc4ccc([C@@H](N5CCC(C)(N)C5)C(F)(F)F)cn34)nc12.Cl.Cl. The Balaban J connectivity index is 0.00000180. The average Bonchev–Trinajstić information content (AvgIpc) is 3.34. The summed E-state index contributed by atoms with van der Waals surface area (Å²) in [6, 6.07) is 6.91. The van der Waals surface area contributed by atoms with Gasteiger partial charge in [0.05, 0.1) is 7.11 Å². The van der Waals surface area contributed by atoms with Crippen LogP contribution < -0.4 is 10.5 Å². The molecule has 1 fully saturated rings. The number of ether oxygens (including phenoxy) is 1. The number of rotatable bonds is 4. The molecule has 0 saturated carbocycles. The summed E-state index contributed by atoms with van der Waals surface area (Å²) in [5, 5.41) is 8.75. The molecule has 0 aliphatic carbocycles. The number of aromatic nitrogens is 4. The lowest BCUT2D eigenvalue weighted by molar-refractivity contribution is -0.184. The van der Waals surface area contributed by atoms with Crippen LogP contribution in [0.1, 0.15) is 24.9 Å². The number of fused-ring (bicyclic) bond motifs is 2. The Bertz CT molecular complexity index is 1390. The molecule has 4 heterocycles. The van der Waals surface area contributed by atoms with Crippen LogP contribution in [0.5, 0.6) is 5.75 Å². The highest BCUT2D eigenvalue weighted by molar-refractivity contribution is 5.86. The van der Waals surface area contributed by atoms with Gasteiger partial charge in [-0.15, -0.1) is 35.0 Å². The molecule has 0 bridgehead atoms. The third-order valence-electron chi connectivity index (χ3n) is 6.12. The Kier molecular flexibility index (Phi) is 7.71. The van der Waals surface area contributed by atoms with E-state index in [0.29, 0.717) is 28.7 Å². The van der Waals surface area contributed by atoms with Gasteiger partial charge in [0.2, 0.25) is 0 Å². The van der Waals surface area contributed by atoms with E-state index < -0.39 is 23.6 Å². The number of hydrogen-bond acceptors (Lipinski definition) is 6. The molecule has 1 aliphatic rings. The number of nitrogens with zero attached hydrogens (tertiary/aromatic N) is 5. The van der Waals surface area contributed by atoms with Gasteiger partial charge in [0.15, 0.2) is 11.5 Å². The maximum absolute atomic E-state index is 14.2. The molecule has 3 aromatic heterocycles. The van der Waals surface area contributed by atoms with Crippen LogP contribution in [0.4, 0.5) is 17.6 Å². The number of hydrogen-bond donors (Lipinski definition) is 1. The molecule has 5 rings (SSSR count). The van der Waals surface area contributed by atoms with Crippen LogP contribution in [0.3, 0.4) is 0 Å². The fraction of sp³-hybridized carbons (Fsp3) is 0.348. The average molecular weight is 547 g/mol. The summed E-state index contributed by atoms with van der Waals surface area (Å²) in [5.41, 5.74) is 6.62. The molecular weight excluding hydrogens is 523 g/mol. The van der Waals surface area contributed by atoms with E-state index in [1.807, 2.05) is 0 Å². The first-order chi connectivity index (χ1) is 16.1. The number of alkyl halides is 3. The van der Waals surface area contributed by atoms with Crippen molar-refractivity contribution >= 4 is 41.4 Å². The van der Waals surface area contributed by atoms with Gasteiger partial charge in [0.1, 0.15) is 28.8 Å². The lowest BCUT2D eigenvalue weighted by Crippen LogP contribution is -2.43. The molecule has 1 aromatic carbocycles. The van der Waals surface area contributed by atoms with Crippen LogP contribution in [-0.4, -0.2) is 56.4 Å². The Morgan fingerprint density at radius 2 is 1.86 bits per heavy atom. The summed E-state index contributed by atoms with van der Waals surface area (Å²) in [7, 11) is 1.41. The molecule has 13 heteroatoms. The van der Waals surface area contributed by atoms with Gasteiger partial charge < -0.3 is 10.5 Å². The molecule has 4 aromatic rings. The topological polar surface area (TPSA) is 81.6 Å². The zero-order valence-corrected chi connectivity index (χ0v) is 20.9. The third kappa shape index (κ3) is 5.06. The van der Waals surface area contributed by atoms with Crippen molar-refractivity contribution < 1.29 is 22.3 Å². The third-order valence-corrected chi connectivity index (χ3v) is 6.12. The van der Waals surface area contributed by atoms with Gasteiger partial charge in [-0.25, -0.2) is 9.37 Å². The van der Waals surface area contributed by atoms with Gasteiger partial charge >= 0.3 is 6.18 Å². The number of methoxy groups -OCH3 is 1. The maximum Gasteiger partial charge on any atom is 0.408 e. The van der Waals surface area contributed by atoms with Crippen molar-refractivity contribution in [3.8, 4) is 17.3 Å². The fourth-order valence-corrected chi connectivity index (χ4v) is 4.54. The fourth-order valence-electron chi connectivity index (χ4n) is 4.54. The van der Waals surface area contributed by atoms with Gasteiger partial charge in [-0.05, 0) is 37.1 Å². The summed E-state index contributed by atoms with van der Waals surface area (Å²) in [6.07, 6.45) is -2.63. The number of likely N-dealkylation sites (tertiary alicyclic amines) is 1. The lowest BCUT2D eigenvalue weighted by Gasteiger charge is -2.31. The molecule has 1 unspecified atom stereocenters. The summed E-state index contributed by atoms with van der Waals surface area (Å²) < 4.78 is 63.1. The molecule has 2 N–H and O–H groups in total. The van der Waals surface area contributed by atoms with Crippen LogP contribution in [0.15, 0.2) is 42.6 Å². The zero-order valence-electron chi connectivity index (χ0n) is 19.3. The first-order valence-corrected chi connectivity index (χ1v) is 10.6.